The van der Waals surface area contributed by atoms with Crippen molar-refractivity contribution in [3.8, 4) is 0 Å². The molecule has 0 aliphatic carbocycles. The topological polar surface area (TPSA) is 59.1 Å². The highest BCUT2D eigenvalue weighted by atomic mass is 79.9. The van der Waals surface area contributed by atoms with Gasteiger partial charge >= 0.3 is 0 Å². The molecule has 2 aliphatic rings. The first kappa shape index (κ1) is 25.7. The smallest absolute Gasteiger partial charge is 0.256 e. The van der Waals surface area contributed by atoms with E-state index in [2.05, 4.69) is 38.1 Å². The molecule has 0 unspecified atom stereocenters. The van der Waals surface area contributed by atoms with Crippen LogP contribution in [0.3, 0.4) is 0 Å². The van der Waals surface area contributed by atoms with Gasteiger partial charge in [-0.15, -0.1) is 0 Å². The van der Waals surface area contributed by atoms with Crippen LogP contribution in [-0.4, -0.2) is 84.0 Å². The molecule has 2 aromatic carbocycles. The minimum atomic E-state index is -0.713. The van der Waals surface area contributed by atoms with Crippen LogP contribution >= 0.6 is 28.1 Å². The van der Waals surface area contributed by atoms with Crippen molar-refractivity contribution in [3.05, 3.63) is 58.8 Å². The monoisotopic (exact) mass is 561 g/mol. The van der Waals surface area contributed by atoms with Gasteiger partial charge in [0.05, 0.1) is 12.1 Å². The Morgan fingerprint density at radius 1 is 1.06 bits per heavy atom. The molecule has 0 bridgehead atoms. The van der Waals surface area contributed by atoms with Crippen LogP contribution in [0.15, 0.2) is 53.0 Å². The molecule has 4 rings (SSSR count). The van der Waals surface area contributed by atoms with Gasteiger partial charge in [0.2, 0.25) is 5.91 Å². The van der Waals surface area contributed by atoms with E-state index in [9.17, 15) is 14.0 Å². The number of carbonyl (C=O) groups is 2. The van der Waals surface area contributed by atoms with E-state index in [4.69, 9.17) is 12.2 Å². The number of likely N-dealkylation sites (N-methyl/N-ethyl adjacent to an activating group) is 1. The number of rotatable bonds is 8. The maximum atomic E-state index is 13.5. The average molecular weight is 563 g/mol. The van der Waals surface area contributed by atoms with Crippen LogP contribution < -0.4 is 10.2 Å². The Kier molecular flexibility index (Phi) is 8.48. The number of piperazine rings is 1. The molecule has 186 valence electrons. The number of amides is 2. The lowest BCUT2D eigenvalue weighted by atomic mass is 10.1. The molecular weight excluding hydrogens is 533 g/mol. The summed E-state index contributed by atoms with van der Waals surface area (Å²) in [5, 5.41) is 3.21. The van der Waals surface area contributed by atoms with E-state index in [1.165, 1.54) is 29.2 Å². The van der Waals surface area contributed by atoms with E-state index in [0.29, 0.717) is 23.0 Å². The number of nitrogens with zero attached hydrogens (tertiary/aromatic N) is 4. The standard InChI is InChI=1S/C25H29BrFN5O2S/c1-29-13-15-30(16-14-29)11-2-12-31-22(17-23(33)28-20-7-3-18(26)4-8-20)24(34)32(25(31)35)21-9-5-19(27)6-10-21/h3-10,22H,2,11-17H2,1H3,(H,28,33)/t22-/m1/s1. The zero-order valence-electron chi connectivity index (χ0n) is 19.6. The Labute approximate surface area is 219 Å². The second-order valence-electron chi connectivity index (χ2n) is 8.90. The molecule has 1 atom stereocenters. The third-order valence-electron chi connectivity index (χ3n) is 6.38. The number of anilines is 2. The SMILES string of the molecule is CN1CCN(CCCN2C(=S)N(c3ccc(F)cc3)C(=O)[C@H]2CC(=O)Nc2ccc(Br)cc2)CC1. The summed E-state index contributed by atoms with van der Waals surface area (Å²) < 4.78 is 14.4. The average Bonchev–Trinajstić information content (AvgIpc) is 3.06. The fraction of sp³-hybridized carbons (Fsp3) is 0.400. The molecule has 2 amide bonds. The fourth-order valence-corrected chi connectivity index (χ4v) is 5.05. The number of nitrogens with one attached hydrogen (secondary N) is 1. The van der Waals surface area contributed by atoms with E-state index in [-0.39, 0.29) is 24.1 Å². The van der Waals surface area contributed by atoms with E-state index in [0.717, 1.165) is 43.6 Å². The second kappa shape index (κ2) is 11.6. The van der Waals surface area contributed by atoms with Crippen molar-refractivity contribution in [2.24, 2.45) is 0 Å². The summed E-state index contributed by atoms with van der Waals surface area (Å²) in [5.41, 5.74) is 1.16. The van der Waals surface area contributed by atoms with Gasteiger partial charge in [0.15, 0.2) is 5.11 Å². The predicted molar refractivity (Wildman–Crippen MR) is 143 cm³/mol. The van der Waals surface area contributed by atoms with Gasteiger partial charge in [0.25, 0.3) is 5.91 Å². The van der Waals surface area contributed by atoms with E-state index < -0.39 is 6.04 Å². The number of benzene rings is 2. The minimum absolute atomic E-state index is 0.0265. The summed E-state index contributed by atoms with van der Waals surface area (Å²) in [6.45, 7) is 5.57. The van der Waals surface area contributed by atoms with Gasteiger partial charge in [-0.1, -0.05) is 15.9 Å². The molecule has 1 N–H and O–H groups in total. The summed E-state index contributed by atoms with van der Waals surface area (Å²) in [4.78, 5) is 34.3. The number of thiocarbonyl (C=S) groups is 1. The molecule has 2 fully saturated rings. The Bertz CT molecular complexity index is 1060. The van der Waals surface area contributed by atoms with Gasteiger partial charge in [-0.2, -0.15) is 0 Å². The van der Waals surface area contributed by atoms with Gasteiger partial charge in [0, 0.05) is 42.9 Å². The maximum Gasteiger partial charge on any atom is 0.256 e. The lowest BCUT2D eigenvalue weighted by Gasteiger charge is -2.33. The van der Waals surface area contributed by atoms with Gasteiger partial charge in [-0.25, -0.2) is 4.39 Å². The largest absolute Gasteiger partial charge is 0.336 e. The van der Waals surface area contributed by atoms with Gasteiger partial charge < -0.3 is 20.0 Å². The lowest BCUT2D eigenvalue weighted by molar-refractivity contribution is -0.124. The summed E-state index contributed by atoms with van der Waals surface area (Å²) in [7, 11) is 2.12. The first-order valence-corrected chi connectivity index (χ1v) is 12.9. The van der Waals surface area contributed by atoms with E-state index in [1.807, 2.05) is 17.0 Å². The summed E-state index contributed by atoms with van der Waals surface area (Å²) >= 11 is 9.07. The van der Waals surface area contributed by atoms with Crippen molar-refractivity contribution in [1.82, 2.24) is 14.7 Å². The third kappa shape index (κ3) is 6.43. The van der Waals surface area contributed by atoms with Crippen LogP contribution in [0.5, 0.6) is 0 Å². The highest BCUT2D eigenvalue weighted by molar-refractivity contribution is 9.10. The van der Waals surface area contributed by atoms with Crippen LogP contribution in [0.2, 0.25) is 0 Å². The predicted octanol–water partition coefficient (Wildman–Crippen LogP) is 3.56. The van der Waals surface area contributed by atoms with Crippen LogP contribution in [-0.2, 0) is 9.59 Å². The first-order valence-electron chi connectivity index (χ1n) is 11.7. The highest BCUT2D eigenvalue weighted by Gasteiger charge is 2.43. The van der Waals surface area contributed by atoms with Crippen molar-refractivity contribution in [1.29, 1.82) is 0 Å². The molecule has 0 radical (unpaired) electrons. The third-order valence-corrected chi connectivity index (χ3v) is 7.33. The van der Waals surface area contributed by atoms with Crippen molar-refractivity contribution in [2.75, 3.05) is 56.5 Å². The molecule has 2 aliphatic heterocycles. The van der Waals surface area contributed by atoms with E-state index in [1.54, 1.807) is 12.1 Å². The Morgan fingerprint density at radius 2 is 1.71 bits per heavy atom. The Hall–Kier alpha value is -2.40. The fourth-order valence-electron chi connectivity index (χ4n) is 4.37. The molecule has 7 nitrogen and oxygen atoms in total. The van der Waals surface area contributed by atoms with Gasteiger partial charge in [0.1, 0.15) is 11.9 Å². The normalized spacial score (nSPS) is 19.5. The van der Waals surface area contributed by atoms with Gasteiger partial charge in [-0.3, -0.25) is 14.5 Å². The molecule has 10 heteroatoms. The van der Waals surface area contributed by atoms with Crippen LogP contribution in [0.1, 0.15) is 12.8 Å². The van der Waals surface area contributed by atoms with Crippen molar-refractivity contribution < 1.29 is 14.0 Å². The minimum Gasteiger partial charge on any atom is -0.336 e. The molecule has 2 saturated heterocycles. The first-order chi connectivity index (χ1) is 16.8. The zero-order valence-corrected chi connectivity index (χ0v) is 22.0. The molecule has 2 heterocycles. The molecule has 0 saturated carbocycles. The van der Waals surface area contributed by atoms with Gasteiger partial charge in [-0.05, 0) is 80.8 Å². The molecular formula is C25H29BrFN5O2S. The van der Waals surface area contributed by atoms with Crippen molar-refractivity contribution in [2.45, 2.75) is 18.9 Å². The number of carbonyl (C=O) groups excluding carboxylic acids is 2. The summed E-state index contributed by atoms with van der Waals surface area (Å²) in [5.74, 6) is -0.925. The van der Waals surface area contributed by atoms with Crippen LogP contribution in [0.25, 0.3) is 0 Å². The maximum absolute atomic E-state index is 13.5. The van der Waals surface area contributed by atoms with E-state index >= 15 is 0 Å². The number of halogens is 2. The Balaban J connectivity index is 1.46. The number of hydrogen-bond donors (Lipinski definition) is 1. The second-order valence-corrected chi connectivity index (χ2v) is 10.2. The highest BCUT2D eigenvalue weighted by Crippen LogP contribution is 2.28. The molecule has 0 aromatic heterocycles. The zero-order chi connectivity index (χ0) is 24.9. The summed E-state index contributed by atoms with van der Waals surface area (Å²) in [6.07, 6.45) is 0.792. The van der Waals surface area contributed by atoms with Crippen LogP contribution in [0, 0.1) is 5.82 Å². The van der Waals surface area contributed by atoms with Crippen molar-refractivity contribution >= 4 is 56.4 Å². The number of hydrogen-bond acceptors (Lipinski definition) is 5. The molecule has 35 heavy (non-hydrogen) atoms. The van der Waals surface area contributed by atoms with Crippen LogP contribution in [0.4, 0.5) is 15.8 Å². The lowest BCUT2D eigenvalue weighted by Crippen LogP contribution is -2.45. The molecule has 2 aromatic rings. The van der Waals surface area contributed by atoms with Crippen molar-refractivity contribution in [3.63, 3.8) is 0 Å². The Morgan fingerprint density at radius 3 is 2.37 bits per heavy atom. The molecule has 0 spiro atoms. The summed E-state index contributed by atoms with van der Waals surface area (Å²) in [6, 6.07) is 12.2. The quantitative estimate of drug-likeness (QED) is 0.497.